The molecule has 0 saturated carbocycles. The third-order valence-corrected chi connectivity index (χ3v) is 7.23. The van der Waals surface area contributed by atoms with Crippen molar-refractivity contribution in [1.82, 2.24) is 9.97 Å². The molecule has 1 heterocycles. The summed E-state index contributed by atoms with van der Waals surface area (Å²) >= 11 is 4.01. The van der Waals surface area contributed by atoms with E-state index in [1.807, 2.05) is 60.1 Å². The van der Waals surface area contributed by atoms with Crippen molar-refractivity contribution in [1.29, 1.82) is 0 Å². The van der Waals surface area contributed by atoms with Crippen LogP contribution in [0, 0.1) is 0 Å². The van der Waals surface area contributed by atoms with Crippen molar-refractivity contribution >= 4 is 34.4 Å². The molecule has 0 fully saturated rings. The highest BCUT2D eigenvalue weighted by molar-refractivity contribution is 8.16. The average molecular weight is 399 g/mol. The summed E-state index contributed by atoms with van der Waals surface area (Å²) in [6, 6.07) is 16.4. The molecule has 3 rings (SSSR count). The van der Waals surface area contributed by atoms with Crippen LogP contribution in [0.25, 0.3) is 10.9 Å². The Hall–Kier alpha value is -1.72. The molecule has 0 amide bonds. The minimum atomic E-state index is 0.380. The van der Waals surface area contributed by atoms with Crippen LogP contribution in [0.5, 0.6) is 5.75 Å². The number of para-hydroxylation sites is 2. The van der Waals surface area contributed by atoms with Crippen LogP contribution in [0.15, 0.2) is 54.7 Å². The van der Waals surface area contributed by atoms with Crippen molar-refractivity contribution in [2.75, 3.05) is 11.5 Å². The quantitative estimate of drug-likeness (QED) is 0.364. The van der Waals surface area contributed by atoms with Crippen LogP contribution < -0.4 is 4.74 Å². The maximum atomic E-state index is 6.16. The van der Waals surface area contributed by atoms with Crippen LogP contribution in [0.1, 0.15) is 42.7 Å². The van der Waals surface area contributed by atoms with Crippen LogP contribution >= 0.6 is 23.5 Å². The fourth-order valence-electron chi connectivity index (χ4n) is 2.71. The van der Waals surface area contributed by atoms with E-state index in [0.717, 1.165) is 28.2 Å². The van der Waals surface area contributed by atoms with E-state index in [9.17, 15) is 0 Å². The van der Waals surface area contributed by atoms with Crippen molar-refractivity contribution < 1.29 is 4.74 Å². The second-order valence-corrected chi connectivity index (χ2v) is 8.97. The zero-order valence-electron chi connectivity index (χ0n) is 15.9. The van der Waals surface area contributed by atoms with E-state index < -0.39 is 0 Å². The molecule has 3 aromatic rings. The maximum Gasteiger partial charge on any atom is 0.166 e. The molecular weight excluding hydrogens is 372 g/mol. The minimum Gasteiger partial charge on any atom is -0.485 e. The van der Waals surface area contributed by atoms with Gasteiger partial charge in [0, 0.05) is 17.1 Å². The topological polar surface area (TPSA) is 35.0 Å². The second kappa shape index (κ2) is 10.6. The Kier molecular flexibility index (Phi) is 7.84. The van der Waals surface area contributed by atoms with Crippen LogP contribution in [0.2, 0.25) is 0 Å². The van der Waals surface area contributed by atoms with Crippen molar-refractivity contribution in [2.24, 2.45) is 0 Å². The summed E-state index contributed by atoms with van der Waals surface area (Å²) in [6.07, 6.45) is 4.23. The standard InChI is InChI=1S/C22H26N2OS2/c1-3-13-26-22(27-14-4-2)18-10-6-8-12-20(18)25-16-21-23-15-17-9-5-7-11-19(17)24-21/h5-12,15,22H,3-4,13-14,16H2,1-2H3. The number of aromatic nitrogens is 2. The second-order valence-electron chi connectivity index (χ2n) is 6.25. The number of ether oxygens (including phenoxy) is 1. The molecule has 5 heteroatoms. The SMILES string of the molecule is CCCSC(SCCC)c1ccccc1OCc1ncc2ccccc2n1. The first-order valence-corrected chi connectivity index (χ1v) is 11.6. The fourth-order valence-corrected chi connectivity index (χ4v) is 5.32. The van der Waals surface area contributed by atoms with Gasteiger partial charge < -0.3 is 4.74 Å². The van der Waals surface area contributed by atoms with E-state index in [2.05, 4.69) is 42.0 Å². The zero-order chi connectivity index (χ0) is 18.9. The number of benzene rings is 2. The normalized spacial score (nSPS) is 11.2. The lowest BCUT2D eigenvalue weighted by atomic mass is 10.2. The third-order valence-electron chi connectivity index (χ3n) is 4.02. The molecule has 0 atom stereocenters. The number of fused-ring (bicyclic) bond motifs is 1. The van der Waals surface area contributed by atoms with Crippen molar-refractivity contribution in [3.63, 3.8) is 0 Å². The van der Waals surface area contributed by atoms with E-state index >= 15 is 0 Å². The third kappa shape index (κ3) is 5.63. The lowest BCUT2D eigenvalue weighted by Gasteiger charge is -2.19. The molecule has 3 nitrogen and oxygen atoms in total. The monoisotopic (exact) mass is 398 g/mol. The lowest BCUT2D eigenvalue weighted by Crippen LogP contribution is -2.04. The van der Waals surface area contributed by atoms with Crippen LogP contribution in [0.3, 0.4) is 0 Å². The van der Waals surface area contributed by atoms with E-state index in [0.29, 0.717) is 17.0 Å². The number of thioether (sulfide) groups is 2. The van der Waals surface area contributed by atoms with Gasteiger partial charge in [0.15, 0.2) is 5.82 Å². The van der Waals surface area contributed by atoms with Gasteiger partial charge in [0.25, 0.3) is 0 Å². The van der Waals surface area contributed by atoms with Gasteiger partial charge in [0.05, 0.1) is 10.1 Å². The highest BCUT2D eigenvalue weighted by Gasteiger charge is 2.17. The summed E-state index contributed by atoms with van der Waals surface area (Å²) in [4.78, 5) is 9.07. The smallest absolute Gasteiger partial charge is 0.166 e. The molecule has 0 aliphatic heterocycles. The molecule has 0 radical (unpaired) electrons. The molecule has 27 heavy (non-hydrogen) atoms. The number of hydrogen-bond donors (Lipinski definition) is 0. The molecule has 0 saturated heterocycles. The predicted molar refractivity (Wildman–Crippen MR) is 119 cm³/mol. The summed E-state index contributed by atoms with van der Waals surface area (Å²) in [5.41, 5.74) is 2.21. The molecule has 0 aliphatic rings. The molecule has 0 aliphatic carbocycles. The molecule has 1 aromatic heterocycles. The Labute approximate surface area is 170 Å². The number of rotatable bonds is 10. The number of hydrogen-bond acceptors (Lipinski definition) is 5. The van der Waals surface area contributed by atoms with Crippen molar-refractivity contribution in [3.8, 4) is 5.75 Å². The Morgan fingerprint density at radius 1 is 0.926 bits per heavy atom. The summed E-state index contributed by atoms with van der Waals surface area (Å²) < 4.78 is 6.56. The summed E-state index contributed by atoms with van der Waals surface area (Å²) in [5, 5.41) is 1.05. The highest BCUT2D eigenvalue weighted by Crippen LogP contribution is 2.43. The highest BCUT2D eigenvalue weighted by atomic mass is 32.2. The fraction of sp³-hybridized carbons (Fsp3) is 0.364. The van der Waals surface area contributed by atoms with E-state index in [-0.39, 0.29) is 0 Å². The Bertz CT molecular complexity index is 848. The van der Waals surface area contributed by atoms with Crippen LogP contribution in [0.4, 0.5) is 0 Å². The van der Waals surface area contributed by atoms with Crippen LogP contribution in [-0.4, -0.2) is 21.5 Å². The molecule has 0 N–H and O–H groups in total. The van der Waals surface area contributed by atoms with Crippen molar-refractivity contribution in [2.45, 2.75) is 37.9 Å². The van der Waals surface area contributed by atoms with Crippen LogP contribution in [-0.2, 0) is 6.61 Å². The van der Waals surface area contributed by atoms with Gasteiger partial charge in [0.2, 0.25) is 0 Å². The Morgan fingerprint density at radius 3 is 2.41 bits per heavy atom. The first-order valence-electron chi connectivity index (χ1n) is 9.47. The summed E-state index contributed by atoms with van der Waals surface area (Å²) in [5.74, 6) is 3.96. The first-order chi connectivity index (χ1) is 13.3. The molecule has 0 bridgehead atoms. The Morgan fingerprint density at radius 2 is 1.63 bits per heavy atom. The van der Waals surface area contributed by atoms with Gasteiger partial charge in [-0.3, -0.25) is 0 Å². The van der Waals surface area contributed by atoms with Gasteiger partial charge in [-0.2, -0.15) is 0 Å². The van der Waals surface area contributed by atoms with Crippen molar-refractivity contribution in [3.05, 3.63) is 66.1 Å². The lowest BCUT2D eigenvalue weighted by molar-refractivity contribution is 0.294. The van der Waals surface area contributed by atoms with Gasteiger partial charge in [-0.25, -0.2) is 9.97 Å². The first kappa shape index (κ1) is 20.0. The van der Waals surface area contributed by atoms with Gasteiger partial charge in [0.1, 0.15) is 12.4 Å². The van der Waals surface area contributed by atoms with Gasteiger partial charge >= 0.3 is 0 Å². The Balaban J connectivity index is 1.75. The minimum absolute atomic E-state index is 0.380. The summed E-state index contributed by atoms with van der Waals surface area (Å²) in [7, 11) is 0. The average Bonchev–Trinajstić information content (AvgIpc) is 2.72. The van der Waals surface area contributed by atoms with E-state index in [1.165, 1.54) is 18.4 Å². The predicted octanol–water partition coefficient (Wildman–Crippen LogP) is 6.49. The molecular formula is C22H26N2OS2. The molecule has 142 valence electrons. The van der Waals surface area contributed by atoms with E-state index in [1.54, 1.807) is 0 Å². The summed E-state index contributed by atoms with van der Waals surface area (Å²) in [6.45, 7) is 4.84. The van der Waals surface area contributed by atoms with Gasteiger partial charge in [-0.1, -0.05) is 50.2 Å². The van der Waals surface area contributed by atoms with E-state index in [4.69, 9.17) is 4.74 Å². The zero-order valence-corrected chi connectivity index (χ0v) is 17.6. The largest absolute Gasteiger partial charge is 0.485 e. The molecule has 2 aromatic carbocycles. The molecule has 0 unspecified atom stereocenters. The molecule has 0 spiro atoms. The van der Waals surface area contributed by atoms with Gasteiger partial charge in [-0.15, -0.1) is 23.5 Å². The van der Waals surface area contributed by atoms with Gasteiger partial charge in [-0.05, 0) is 36.5 Å². The number of nitrogens with zero attached hydrogens (tertiary/aromatic N) is 2. The maximum absolute atomic E-state index is 6.16.